The molecule has 0 aliphatic heterocycles. The molecule has 1 aliphatic rings. The van der Waals surface area contributed by atoms with Gasteiger partial charge in [-0.25, -0.2) is 0 Å². The summed E-state index contributed by atoms with van der Waals surface area (Å²) in [5.41, 5.74) is 0. The molecule has 0 amide bonds. The van der Waals surface area contributed by atoms with E-state index in [2.05, 4.69) is 5.32 Å². The minimum absolute atomic E-state index is 0.486. The van der Waals surface area contributed by atoms with Gasteiger partial charge in [0.2, 0.25) is 0 Å². The van der Waals surface area contributed by atoms with Crippen LogP contribution in [0.15, 0.2) is 0 Å². The van der Waals surface area contributed by atoms with E-state index in [9.17, 15) is 13.2 Å². The van der Waals surface area contributed by atoms with E-state index in [4.69, 9.17) is 0 Å². The van der Waals surface area contributed by atoms with E-state index >= 15 is 0 Å². The van der Waals surface area contributed by atoms with Gasteiger partial charge in [0.05, 0.1) is 6.54 Å². The van der Waals surface area contributed by atoms with E-state index in [0.29, 0.717) is 19.6 Å². The van der Waals surface area contributed by atoms with Gasteiger partial charge in [-0.1, -0.05) is 19.8 Å². The number of halogens is 3. The van der Waals surface area contributed by atoms with Crippen LogP contribution in [-0.4, -0.2) is 43.8 Å². The smallest absolute Gasteiger partial charge is 0.315 e. The first-order chi connectivity index (χ1) is 8.51. The lowest BCUT2D eigenvalue weighted by molar-refractivity contribution is -0.145. The van der Waals surface area contributed by atoms with Crippen LogP contribution in [0.3, 0.4) is 0 Å². The zero-order valence-corrected chi connectivity index (χ0v) is 11.2. The van der Waals surface area contributed by atoms with Crippen LogP contribution >= 0.6 is 0 Å². The molecule has 2 nitrogen and oxygen atoms in total. The van der Waals surface area contributed by atoms with E-state index in [-0.39, 0.29) is 0 Å². The molecule has 0 heterocycles. The van der Waals surface area contributed by atoms with E-state index in [1.807, 2.05) is 6.92 Å². The fraction of sp³-hybridized carbons (Fsp3) is 1.00. The topological polar surface area (TPSA) is 15.3 Å². The second-order valence-corrected chi connectivity index (χ2v) is 5.25. The average Bonchev–Trinajstić information content (AvgIpc) is 2.75. The van der Waals surface area contributed by atoms with Crippen LogP contribution in [0.25, 0.3) is 0 Å². The van der Waals surface area contributed by atoms with Crippen LogP contribution < -0.4 is 5.32 Å². The highest BCUT2D eigenvalue weighted by molar-refractivity contribution is 4.70. The lowest BCUT2D eigenvalue weighted by Gasteiger charge is -2.23. The van der Waals surface area contributed by atoms with Gasteiger partial charge in [-0.15, -0.1) is 0 Å². The Morgan fingerprint density at radius 3 is 2.39 bits per heavy atom. The Kier molecular flexibility index (Phi) is 7.00. The van der Waals surface area contributed by atoms with E-state index in [1.165, 1.54) is 30.6 Å². The predicted octanol–water partition coefficient (Wildman–Crippen LogP) is 3.04. The van der Waals surface area contributed by atoms with Gasteiger partial charge in [0.1, 0.15) is 0 Å². The second-order valence-electron chi connectivity index (χ2n) is 5.25. The zero-order valence-electron chi connectivity index (χ0n) is 11.2. The molecule has 0 aromatic carbocycles. The highest BCUT2D eigenvalue weighted by atomic mass is 19.4. The van der Waals surface area contributed by atoms with Gasteiger partial charge in [-0.2, -0.15) is 13.2 Å². The first kappa shape index (κ1) is 15.8. The van der Waals surface area contributed by atoms with Crippen LogP contribution in [0, 0.1) is 5.92 Å². The van der Waals surface area contributed by atoms with E-state index in [1.54, 1.807) is 0 Å². The predicted molar refractivity (Wildman–Crippen MR) is 67.6 cm³/mol. The van der Waals surface area contributed by atoms with Gasteiger partial charge in [0.25, 0.3) is 0 Å². The van der Waals surface area contributed by atoms with Crippen LogP contribution in [0.2, 0.25) is 0 Å². The number of nitrogens with zero attached hydrogens (tertiary/aromatic N) is 1. The van der Waals surface area contributed by atoms with Crippen molar-refractivity contribution >= 4 is 0 Å². The molecule has 0 aromatic rings. The number of rotatable bonds is 8. The van der Waals surface area contributed by atoms with Crippen LogP contribution in [0.5, 0.6) is 0 Å². The summed E-state index contributed by atoms with van der Waals surface area (Å²) in [6.07, 6.45) is 1.84. The molecular formula is C13H25F3N2. The van der Waals surface area contributed by atoms with Crippen molar-refractivity contribution in [1.29, 1.82) is 0 Å². The van der Waals surface area contributed by atoms with Gasteiger partial charge >= 0.3 is 6.18 Å². The Morgan fingerprint density at radius 2 is 1.83 bits per heavy atom. The molecule has 18 heavy (non-hydrogen) atoms. The van der Waals surface area contributed by atoms with Crippen molar-refractivity contribution in [2.75, 3.05) is 32.7 Å². The molecule has 0 aromatic heterocycles. The Hall–Kier alpha value is -0.290. The average molecular weight is 266 g/mol. The molecular weight excluding hydrogens is 241 g/mol. The summed E-state index contributed by atoms with van der Waals surface area (Å²) in [6, 6.07) is 0. The third-order valence-corrected chi connectivity index (χ3v) is 3.46. The van der Waals surface area contributed by atoms with E-state index in [0.717, 1.165) is 18.9 Å². The standard InChI is InChI=1S/C13H25F3N2/c1-2-8-18(11-13(14,15)16)9-7-17-10-12-5-3-4-6-12/h12,17H,2-11H2,1H3. The minimum Gasteiger partial charge on any atom is -0.315 e. The van der Waals surface area contributed by atoms with Gasteiger partial charge in [-0.3, -0.25) is 4.90 Å². The molecule has 1 aliphatic carbocycles. The largest absolute Gasteiger partial charge is 0.401 e. The lowest BCUT2D eigenvalue weighted by atomic mass is 10.1. The van der Waals surface area contributed by atoms with Gasteiger partial charge in [0.15, 0.2) is 0 Å². The fourth-order valence-corrected chi connectivity index (χ4v) is 2.60. The fourth-order valence-electron chi connectivity index (χ4n) is 2.60. The number of hydrogen-bond donors (Lipinski definition) is 1. The van der Waals surface area contributed by atoms with Crippen molar-refractivity contribution in [1.82, 2.24) is 10.2 Å². The van der Waals surface area contributed by atoms with Gasteiger partial charge in [0, 0.05) is 13.1 Å². The highest BCUT2D eigenvalue weighted by Crippen LogP contribution is 2.23. The summed E-state index contributed by atoms with van der Waals surface area (Å²) in [7, 11) is 0. The Morgan fingerprint density at radius 1 is 1.17 bits per heavy atom. The Bertz CT molecular complexity index is 213. The lowest BCUT2D eigenvalue weighted by Crippen LogP contribution is -2.39. The molecule has 0 radical (unpaired) electrons. The van der Waals surface area contributed by atoms with Crippen molar-refractivity contribution in [3.63, 3.8) is 0 Å². The Balaban J connectivity index is 2.12. The van der Waals surface area contributed by atoms with Crippen molar-refractivity contribution in [2.45, 2.75) is 45.2 Å². The maximum atomic E-state index is 12.3. The van der Waals surface area contributed by atoms with Crippen molar-refractivity contribution < 1.29 is 13.2 Å². The monoisotopic (exact) mass is 266 g/mol. The molecule has 0 bridgehead atoms. The van der Waals surface area contributed by atoms with E-state index < -0.39 is 12.7 Å². The first-order valence-corrected chi connectivity index (χ1v) is 7.01. The third kappa shape index (κ3) is 7.21. The maximum absolute atomic E-state index is 12.3. The minimum atomic E-state index is -4.08. The second kappa shape index (κ2) is 8.00. The molecule has 0 spiro atoms. The van der Waals surface area contributed by atoms with Crippen LogP contribution in [0.4, 0.5) is 13.2 Å². The molecule has 1 fully saturated rings. The summed E-state index contributed by atoms with van der Waals surface area (Å²) < 4.78 is 37.0. The summed E-state index contributed by atoms with van der Waals surface area (Å²) >= 11 is 0. The molecule has 0 saturated heterocycles. The summed E-state index contributed by atoms with van der Waals surface area (Å²) in [4.78, 5) is 1.49. The van der Waals surface area contributed by atoms with Crippen molar-refractivity contribution in [3.05, 3.63) is 0 Å². The van der Waals surface area contributed by atoms with Gasteiger partial charge in [-0.05, 0) is 38.3 Å². The maximum Gasteiger partial charge on any atom is 0.401 e. The number of nitrogens with one attached hydrogen (secondary N) is 1. The molecule has 0 unspecified atom stereocenters. The molecule has 5 heteroatoms. The third-order valence-electron chi connectivity index (χ3n) is 3.46. The summed E-state index contributed by atoms with van der Waals surface area (Å²) in [6.45, 7) is 3.75. The molecule has 0 atom stereocenters. The normalized spacial score (nSPS) is 17.8. The van der Waals surface area contributed by atoms with Gasteiger partial charge < -0.3 is 5.32 Å². The Labute approximate surface area is 108 Å². The van der Waals surface area contributed by atoms with Crippen LogP contribution in [0.1, 0.15) is 39.0 Å². The quantitative estimate of drug-likeness (QED) is 0.679. The summed E-state index contributed by atoms with van der Waals surface area (Å²) in [5.74, 6) is 0.743. The first-order valence-electron chi connectivity index (χ1n) is 7.01. The number of hydrogen-bond acceptors (Lipinski definition) is 2. The number of alkyl halides is 3. The molecule has 1 N–H and O–H groups in total. The van der Waals surface area contributed by atoms with Crippen molar-refractivity contribution in [3.8, 4) is 0 Å². The SMILES string of the molecule is CCCN(CCNCC1CCCC1)CC(F)(F)F. The molecule has 1 saturated carbocycles. The molecule has 1 rings (SSSR count). The zero-order chi connectivity index (χ0) is 13.4. The highest BCUT2D eigenvalue weighted by Gasteiger charge is 2.30. The summed E-state index contributed by atoms with van der Waals surface area (Å²) in [5, 5.41) is 3.29. The van der Waals surface area contributed by atoms with Crippen molar-refractivity contribution in [2.24, 2.45) is 5.92 Å². The molecule has 108 valence electrons. The van der Waals surface area contributed by atoms with Crippen LogP contribution in [-0.2, 0) is 0 Å².